The third kappa shape index (κ3) is 11.8. The molecule has 6 nitrogen and oxygen atoms in total. The van der Waals surface area contributed by atoms with Crippen molar-refractivity contribution in [3.05, 3.63) is 60.2 Å². The van der Waals surface area contributed by atoms with Crippen LogP contribution in [-0.4, -0.2) is 66.4 Å². The quantitative estimate of drug-likeness (QED) is 0.168. The fourth-order valence-electron chi connectivity index (χ4n) is 3.42. The zero-order chi connectivity index (χ0) is 24.3. The van der Waals surface area contributed by atoms with Crippen LogP contribution in [0.1, 0.15) is 24.8 Å². The molecule has 6 heteroatoms. The third-order valence-corrected chi connectivity index (χ3v) is 5.22. The second-order valence-corrected chi connectivity index (χ2v) is 7.90. The van der Waals surface area contributed by atoms with Gasteiger partial charge in [0.1, 0.15) is 13.6 Å². The monoisotopic (exact) mass is 470 g/mol. The Hall–Kier alpha value is -2.24. The predicted octanol–water partition coefficient (Wildman–Crippen LogP) is 4.71. The fourth-order valence-corrected chi connectivity index (χ4v) is 3.42. The van der Waals surface area contributed by atoms with E-state index in [9.17, 15) is 0 Å². The largest absolute Gasteiger partial charge is 0.376 e. The molecule has 0 aromatic heterocycles. The zero-order valence-electron chi connectivity index (χ0n) is 20.4. The van der Waals surface area contributed by atoms with Crippen molar-refractivity contribution >= 4 is 0 Å². The lowest BCUT2D eigenvalue weighted by atomic mass is 10.0. The van der Waals surface area contributed by atoms with Crippen LogP contribution in [0.5, 0.6) is 0 Å². The number of aryl methyl sites for hydroxylation is 1. The molecular weight excluding hydrogens is 432 g/mol. The maximum atomic E-state index is 5.78. The summed E-state index contributed by atoms with van der Waals surface area (Å²) in [4.78, 5) is 0. The van der Waals surface area contributed by atoms with E-state index in [-0.39, 0.29) is 25.8 Å². The van der Waals surface area contributed by atoms with Gasteiger partial charge in [-0.25, -0.2) is 0 Å². The Morgan fingerprint density at radius 3 is 1.97 bits per heavy atom. The second-order valence-electron chi connectivity index (χ2n) is 7.90. The number of benzene rings is 2. The highest BCUT2D eigenvalue weighted by Crippen LogP contribution is 2.20. The minimum absolute atomic E-state index is 0.0252. The molecule has 186 valence electrons. The number of rotatable bonds is 19. The standard InChI is InChI=1S/C28H38O6/c1-4-9-27(33-22-29-2)20-31-18-19-32-21-28(34-23-30-3)13-8-10-24-14-16-26(17-15-24)25-11-6-5-7-12-25/h1,5-7,11-12,14-17,27-28H,8-10,13,18-23H2,2-3H3/t27-,28-/m0/s1. The van der Waals surface area contributed by atoms with Crippen LogP contribution in [0.3, 0.4) is 0 Å². The Labute approximate surface area is 204 Å². The maximum absolute atomic E-state index is 5.78. The molecule has 0 aliphatic heterocycles. The van der Waals surface area contributed by atoms with Crippen molar-refractivity contribution in [2.75, 3.05) is 54.2 Å². The van der Waals surface area contributed by atoms with Gasteiger partial charge in [0.05, 0.1) is 38.6 Å². The van der Waals surface area contributed by atoms with Gasteiger partial charge in [0, 0.05) is 20.6 Å². The van der Waals surface area contributed by atoms with E-state index in [1.807, 2.05) is 6.07 Å². The van der Waals surface area contributed by atoms with Crippen molar-refractivity contribution in [2.45, 2.75) is 37.9 Å². The van der Waals surface area contributed by atoms with Gasteiger partial charge in [-0.2, -0.15) is 0 Å². The van der Waals surface area contributed by atoms with E-state index in [1.54, 1.807) is 14.2 Å². The first kappa shape index (κ1) is 28.0. The summed E-state index contributed by atoms with van der Waals surface area (Å²) in [5, 5.41) is 0. The van der Waals surface area contributed by atoms with E-state index < -0.39 is 0 Å². The highest BCUT2D eigenvalue weighted by molar-refractivity contribution is 5.63. The molecule has 0 radical (unpaired) electrons. The van der Waals surface area contributed by atoms with Crippen LogP contribution in [0.4, 0.5) is 0 Å². The van der Waals surface area contributed by atoms with Crippen molar-refractivity contribution in [1.82, 2.24) is 0 Å². The van der Waals surface area contributed by atoms with Crippen LogP contribution in [0.25, 0.3) is 11.1 Å². The fraction of sp³-hybridized carbons (Fsp3) is 0.500. The lowest BCUT2D eigenvalue weighted by molar-refractivity contribution is -0.111. The Morgan fingerprint density at radius 1 is 0.765 bits per heavy atom. The van der Waals surface area contributed by atoms with Gasteiger partial charge in [-0.1, -0.05) is 54.6 Å². The summed E-state index contributed by atoms with van der Waals surface area (Å²) >= 11 is 0. The first-order valence-electron chi connectivity index (χ1n) is 11.7. The van der Waals surface area contributed by atoms with E-state index in [4.69, 9.17) is 34.8 Å². The molecule has 0 spiro atoms. The lowest BCUT2D eigenvalue weighted by Gasteiger charge is -2.18. The summed E-state index contributed by atoms with van der Waals surface area (Å²) in [7, 11) is 3.20. The van der Waals surface area contributed by atoms with E-state index in [1.165, 1.54) is 16.7 Å². The van der Waals surface area contributed by atoms with Crippen LogP contribution in [0.2, 0.25) is 0 Å². The number of hydrogen-bond donors (Lipinski definition) is 0. The van der Waals surface area contributed by atoms with Crippen LogP contribution >= 0.6 is 0 Å². The average Bonchev–Trinajstić information content (AvgIpc) is 2.88. The zero-order valence-corrected chi connectivity index (χ0v) is 20.4. The van der Waals surface area contributed by atoms with Gasteiger partial charge >= 0.3 is 0 Å². The highest BCUT2D eigenvalue weighted by atomic mass is 16.7. The summed E-state index contributed by atoms with van der Waals surface area (Å²) in [6.07, 6.45) is 8.52. The SMILES string of the molecule is C#CC[C@@H](COCCOC[C@H](CCCc1ccc(-c2ccccc2)cc1)OCOC)OCOC. The maximum Gasteiger partial charge on any atom is 0.146 e. The molecule has 0 N–H and O–H groups in total. The molecule has 2 aromatic rings. The first-order chi connectivity index (χ1) is 16.8. The van der Waals surface area contributed by atoms with Crippen LogP contribution in [0.15, 0.2) is 54.6 Å². The molecule has 34 heavy (non-hydrogen) atoms. The highest BCUT2D eigenvalue weighted by Gasteiger charge is 2.11. The van der Waals surface area contributed by atoms with Gasteiger partial charge in [-0.15, -0.1) is 12.3 Å². The molecule has 2 rings (SSSR count). The van der Waals surface area contributed by atoms with Crippen molar-refractivity contribution in [3.8, 4) is 23.5 Å². The van der Waals surface area contributed by atoms with Crippen LogP contribution in [-0.2, 0) is 34.8 Å². The van der Waals surface area contributed by atoms with Gasteiger partial charge in [0.25, 0.3) is 0 Å². The van der Waals surface area contributed by atoms with Crippen LogP contribution < -0.4 is 0 Å². The van der Waals surface area contributed by atoms with E-state index in [0.29, 0.717) is 32.8 Å². The summed E-state index contributed by atoms with van der Waals surface area (Å²) < 4.78 is 32.6. The van der Waals surface area contributed by atoms with Crippen molar-refractivity contribution in [3.63, 3.8) is 0 Å². The van der Waals surface area contributed by atoms with Gasteiger partial charge in [-0.3, -0.25) is 0 Å². The van der Waals surface area contributed by atoms with E-state index in [0.717, 1.165) is 19.3 Å². The average molecular weight is 471 g/mol. The number of ether oxygens (including phenoxy) is 6. The molecule has 0 amide bonds. The normalized spacial score (nSPS) is 12.9. The smallest absolute Gasteiger partial charge is 0.146 e. The van der Waals surface area contributed by atoms with Gasteiger partial charge in [-0.05, 0) is 36.0 Å². The first-order valence-corrected chi connectivity index (χ1v) is 11.7. The van der Waals surface area contributed by atoms with Gasteiger partial charge < -0.3 is 28.4 Å². The molecule has 0 saturated carbocycles. The predicted molar refractivity (Wildman–Crippen MR) is 133 cm³/mol. The molecule has 0 heterocycles. The molecule has 2 atom stereocenters. The minimum atomic E-state index is -0.176. The van der Waals surface area contributed by atoms with Crippen molar-refractivity contribution < 1.29 is 28.4 Å². The van der Waals surface area contributed by atoms with E-state index in [2.05, 4.69) is 54.5 Å². The summed E-state index contributed by atoms with van der Waals surface area (Å²) in [6, 6.07) is 19.2. The molecule has 0 aliphatic carbocycles. The molecule has 0 saturated heterocycles. The molecule has 2 aromatic carbocycles. The summed E-state index contributed by atoms with van der Waals surface area (Å²) in [6.45, 7) is 2.28. The lowest BCUT2D eigenvalue weighted by Crippen LogP contribution is -2.24. The Balaban J connectivity index is 1.65. The Bertz CT molecular complexity index is 787. The number of hydrogen-bond acceptors (Lipinski definition) is 6. The van der Waals surface area contributed by atoms with Crippen LogP contribution in [0, 0.1) is 12.3 Å². The topological polar surface area (TPSA) is 55.4 Å². The Kier molecular flexibility index (Phi) is 14.9. The van der Waals surface area contributed by atoms with Gasteiger partial charge in [0.2, 0.25) is 0 Å². The van der Waals surface area contributed by atoms with E-state index >= 15 is 0 Å². The number of terminal acetylenes is 1. The van der Waals surface area contributed by atoms with Gasteiger partial charge in [0.15, 0.2) is 0 Å². The molecular formula is C28H38O6. The van der Waals surface area contributed by atoms with Crippen molar-refractivity contribution in [2.24, 2.45) is 0 Å². The Morgan fingerprint density at radius 2 is 1.35 bits per heavy atom. The van der Waals surface area contributed by atoms with Crippen molar-refractivity contribution in [1.29, 1.82) is 0 Å². The summed E-state index contributed by atoms with van der Waals surface area (Å²) in [5.74, 6) is 2.58. The molecule has 0 unspecified atom stereocenters. The molecule has 0 bridgehead atoms. The minimum Gasteiger partial charge on any atom is -0.376 e. The molecule has 0 fully saturated rings. The third-order valence-electron chi connectivity index (χ3n) is 5.22. The second kappa shape index (κ2) is 18.1. The molecule has 0 aliphatic rings. The number of methoxy groups -OCH3 is 2. The summed E-state index contributed by atoms with van der Waals surface area (Å²) in [5.41, 5.74) is 3.78.